The average Bonchev–Trinajstić information content (AvgIpc) is 2.60. The second kappa shape index (κ2) is 6.79. The second-order valence-electron chi connectivity index (χ2n) is 5.64. The van der Waals surface area contributed by atoms with Gasteiger partial charge in [-0.25, -0.2) is 4.39 Å². The van der Waals surface area contributed by atoms with Gasteiger partial charge in [0.05, 0.1) is 5.52 Å². The number of carbonyl (C=O) groups is 2. The van der Waals surface area contributed by atoms with Crippen molar-refractivity contribution in [1.82, 2.24) is 4.57 Å². The predicted octanol–water partition coefficient (Wildman–Crippen LogP) is 2.86. The van der Waals surface area contributed by atoms with Crippen molar-refractivity contribution >= 4 is 28.5 Å². The number of rotatable bonds is 3. The molecule has 0 unspecified atom stereocenters. The molecule has 7 heteroatoms. The molecule has 0 atom stereocenters. The number of nitrogens with zero attached hydrogens (tertiary/aromatic N) is 1. The molecule has 0 saturated heterocycles. The van der Waals surface area contributed by atoms with Crippen LogP contribution in [0.15, 0.2) is 53.3 Å². The van der Waals surface area contributed by atoms with Crippen molar-refractivity contribution in [3.05, 3.63) is 70.3 Å². The Kier molecular flexibility index (Phi) is 4.53. The first-order valence-electron chi connectivity index (χ1n) is 7.75. The van der Waals surface area contributed by atoms with E-state index in [1.54, 1.807) is 30.3 Å². The Morgan fingerprint density at radius 2 is 1.81 bits per heavy atom. The minimum absolute atomic E-state index is 0.153. The van der Waals surface area contributed by atoms with Gasteiger partial charge in [0.2, 0.25) is 0 Å². The van der Waals surface area contributed by atoms with Crippen molar-refractivity contribution < 1.29 is 18.7 Å². The summed E-state index contributed by atoms with van der Waals surface area (Å²) in [4.78, 5) is 36.9. The van der Waals surface area contributed by atoms with Crippen LogP contribution in [-0.2, 0) is 11.8 Å². The van der Waals surface area contributed by atoms with E-state index in [0.29, 0.717) is 11.2 Å². The van der Waals surface area contributed by atoms with Gasteiger partial charge >= 0.3 is 5.97 Å². The smallest absolute Gasteiger partial charge is 0.308 e. The zero-order valence-electron chi connectivity index (χ0n) is 14.1. The molecule has 0 aliphatic carbocycles. The number of carbonyl (C=O) groups excluding carboxylic acids is 2. The summed E-state index contributed by atoms with van der Waals surface area (Å²) in [5.41, 5.74) is -0.227. The molecule has 0 aliphatic heterocycles. The number of hydrogen-bond donors (Lipinski definition) is 1. The van der Waals surface area contributed by atoms with Crippen LogP contribution in [0.2, 0.25) is 0 Å². The summed E-state index contributed by atoms with van der Waals surface area (Å²) in [6.45, 7) is 1.14. The number of anilines is 1. The number of nitrogens with one attached hydrogen (secondary N) is 1. The van der Waals surface area contributed by atoms with Gasteiger partial charge in [-0.15, -0.1) is 0 Å². The summed E-state index contributed by atoms with van der Waals surface area (Å²) in [5.74, 6) is -2.32. The van der Waals surface area contributed by atoms with Gasteiger partial charge in [0.15, 0.2) is 5.75 Å². The van der Waals surface area contributed by atoms with E-state index in [-0.39, 0.29) is 16.7 Å². The molecule has 3 rings (SSSR count). The number of benzene rings is 2. The lowest BCUT2D eigenvalue weighted by Gasteiger charge is -2.15. The summed E-state index contributed by atoms with van der Waals surface area (Å²) in [6.07, 6.45) is 0. The number of amides is 1. The Morgan fingerprint density at radius 3 is 2.46 bits per heavy atom. The van der Waals surface area contributed by atoms with E-state index in [1.807, 2.05) is 0 Å². The quantitative estimate of drug-likeness (QED) is 0.734. The first kappa shape index (κ1) is 17.3. The fraction of sp³-hybridized carbons (Fsp3) is 0.105. The topological polar surface area (TPSA) is 77.4 Å². The van der Waals surface area contributed by atoms with Crippen molar-refractivity contribution in [3.63, 3.8) is 0 Å². The van der Waals surface area contributed by atoms with Gasteiger partial charge in [-0.1, -0.05) is 18.2 Å². The number of halogens is 1. The maximum Gasteiger partial charge on any atom is 0.308 e. The molecule has 0 spiro atoms. The molecule has 132 valence electrons. The SMILES string of the molecule is CC(=O)Oc1c(C(=O)Nc2ccccc2)c(=O)n(C)c2ccc(F)cc12. The van der Waals surface area contributed by atoms with Gasteiger partial charge in [-0.3, -0.25) is 14.4 Å². The number of pyridine rings is 1. The zero-order valence-corrected chi connectivity index (χ0v) is 14.1. The summed E-state index contributed by atoms with van der Waals surface area (Å²) < 4.78 is 20.1. The Bertz CT molecular complexity index is 1070. The monoisotopic (exact) mass is 354 g/mol. The van der Waals surface area contributed by atoms with E-state index in [1.165, 1.54) is 23.7 Å². The fourth-order valence-corrected chi connectivity index (χ4v) is 2.66. The molecule has 1 heterocycles. The minimum Gasteiger partial charge on any atom is -0.425 e. The van der Waals surface area contributed by atoms with E-state index in [9.17, 15) is 18.8 Å². The molecule has 0 bridgehead atoms. The van der Waals surface area contributed by atoms with E-state index >= 15 is 0 Å². The zero-order chi connectivity index (χ0) is 18.8. The van der Waals surface area contributed by atoms with Gasteiger partial charge < -0.3 is 14.6 Å². The van der Waals surface area contributed by atoms with Crippen molar-refractivity contribution in [2.75, 3.05) is 5.32 Å². The van der Waals surface area contributed by atoms with Gasteiger partial charge in [0, 0.05) is 25.0 Å². The number of para-hydroxylation sites is 1. The summed E-state index contributed by atoms with van der Waals surface area (Å²) >= 11 is 0. The average molecular weight is 354 g/mol. The third-order valence-corrected chi connectivity index (χ3v) is 3.81. The second-order valence-corrected chi connectivity index (χ2v) is 5.64. The highest BCUT2D eigenvalue weighted by molar-refractivity contribution is 6.09. The van der Waals surface area contributed by atoms with Crippen molar-refractivity contribution in [1.29, 1.82) is 0 Å². The number of esters is 1. The molecule has 0 aliphatic rings. The molecular weight excluding hydrogens is 339 g/mol. The number of ether oxygens (including phenoxy) is 1. The normalized spacial score (nSPS) is 10.6. The van der Waals surface area contributed by atoms with Crippen LogP contribution in [0.3, 0.4) is 0 Å². The van der Waals surface area contributed by atoms with Crippen LogP contribution >= 0.6 is 0 Å². The molecule has 3 aromatic rings. The van der Waals surface area contributed by atoms with Crippen LogP contribution < -0.4 is 15.6 Å². The molecule has 26 heavy (non-hydrogen) atoms. The highest BCUT2D eigenvalue weighted by Crippen LogP contribution is 2.29. The van der Waals surface area contributed by atoms with Crippen LogP contribution in [0.4, 0.5) is 10.1 Å². The Morgan fingerprint density at radius 1 is 1.12 bits per heavy atom. The molecule has 0 saturated carbocycles. The fourth-order valence-electron chi connectivity index (χ4n) is 2.66. The molecule has 6 nitrogen and oxygen atoms in total. The lowest BCUT2D eigenvalue weighted by molar-refractivity contribution is -0.131. The molecule has 1 aromatic heterocycles. The maximum atomic E-state index is 13.7. The van der Waals surface area contributed by atoms with E-state index < -0.39 is 23.3 Å². The van der Waals surface area contributed by atoms with E-state index in [2.05, 4.69) is 5.32 Å². The van der Waals surface area contributed by atoms with Gasteiger partial charge in [-0.2, -0.15) is 0 Å². The predicted molar refractivity (Wildman–Crippen MR) is 94.9 cm³/mol. The summed E-state index contributed by atoms with van der Waals surface area (Å²) in [6, 6.07) is 12.2. The molecule has 0 radical (unpaired) electrons. The van der Waals surface area contributed by atoms with Gasteiger partial charge in [0.1, 0.15) is 11.4 Å². The molecule has 1 N–H and O–H groups in total. The van der Waals surface area contributed by atoms with Crippen LogP contribution in [-0.4, -0.2) is 16.4 Å². The lowest BCUT2D eigenvalue weighted by Crippen LogP contribution is -2.29. The summed E-state index contributed by atoms with van der Waals surface area (Å²) in [5, 5.41) is 2.74. The standard InChI is InChI=1S/C19H15FN2O4/c1-11(23)26-17-14-10-12(20)8-9-15(14)22(2)19(25)16(17)18(24)21-13-6-4-3-5-7-13/h3-10H,1-2H3,(H,21,24). The number of fused-ring (bicyclic) bond motifs is 1. The van der Waals surface area contributed by atoms with Crippen molar-refractivity contribution in [2.45, 2.75) is 6.92 Å². The number of hydrogen-bond acceptors (Lipinski definition) is 4. The summed E-state index contributed by atoms with van der Waals surface area (Å²) in [7, 11) is 1.46. The van der Waals surface area contributed by atoms with E-state index in [0.717, 1.165) is 13.0 Å². The highest BCUT2D eigenvalue weighted by Gasteiger charge is 2.24. The highest BCUT2D eigenvalue weighted by atomic mass is 19.1. The third kappa shape index (κ3) is 3.19. The Balaban J connectivity index is 2.25. The van der Waals surface area contributed by atoms with Crippen molar-refractivity contribution in [2.24, 2.45) is 7.05 Å². The first-order valence-corrected chi connectivity index (χ1v) is 7.75. The largest absolute Gasteiger partial charge is 0.425 e. The maximum absolute atomic E-state index is 13.7. The van der Waals surface area contributed by atoms with Crippen molar-refractivity contribution in [3.8, 4) is 5.75 Å². The third-order valence-electron chi connectivity index (χ3n) is 3.81. The van der Waals surface area contributed by atoms with Gasteiger partial charge in [-0.05, 0) is 30.3 Å². The molecule has 0 fully saturated rings. The minimum atomic E-state index is -0.751. The van der Waals surface area contributed by atoms with Crippen LogP contribution in [0.25, 0.3) is 10.9 Å². The molecule has 2 aromatic carbocycles. The number of aryl methyl sites for hydroxylation is 1. The Labute approximate surface area is 147 Å². The van der Waals surface area contributed by atoms with Crippen LogP contribution in [0.1, 0.15) is 17.3 Å². The van der Waals surface area contributed by atoms with Gasteiger partial charge in [0.25, 0.3) is 11.5 Å². The molecular formula is C19H15FN2O4. The number of aromatic nitrogens is 1. The Hall–Kier alpha value is -3.48. The first-order chi connectivity index (χ1) is 12.4. The van der Waals surface area contributed by atoms with E-state index in [4.69, 9.17) is 4.74 Å². The lowest BCUT2D eigenvalue weighted by atomic mass is 10.1. The van der Waals surface area contributed by atoms with Crippen LogP contribution in [0, 0.1) is 5.82 Å². The van der Waals surface area contributed by atoms with Crippen LogP contribution in [0.5, 0.6) is 5.75 Å². The molecule has 1 amide bonds.